The molecule has 25 heavy (non-hydrogen) atoms. The standard InChI is InChI=1S/C17H17N7O/c25-17(19-7-13-4-2-1-3-5-13)14-8-23(9-14)15-6-16(21-11-20-15)24-12-18-10-22-24/h1-6,10-12,14H,7-9H2,(H,19,25). The Bertz CT molecular complexity index is 844. The van der Waals surface area contributed by atoms with Crippen molar-refractivity contribution in [3.8, 4) is 5.82 Å². The lowest BCUT2D eigenvalue weighted by atomic mass is 9.99. The molecule has 1 N–H and O–H groups in total. The van der Waals surface area contributed by atoms with Crippen LogP contribution in [0.15, 0.2) is 55.4 Å². The number of aromatic nitrogens is 5. The summed E-state index contributed by atoms with van der Waals surface area (Å²) < 4.78 is 1.58. The molecular formula is C17H17N7O. The quantitative estimate of drug-likeness (QED) is 0.742. The number of carbonyl (C=O) groups excluding carboxylic acids is 1. The van der Waals surface area contributed by atoms with E-state index in [1.807, 2.05) is 36.4 Å². The van der Waals surface area contributed by atoms with E-state index in [1.165, 1.54) is 12.7 Å². The zero-order valence-electron chi connectivity index (χ0n) is 13.5. The average Bonchev–Trinajstić information content (AvgIpc) is 3.15. The third-order valence-electron chi connectivity index (χ3n) is 4.18. The monoisotopic (exact) mass is 335 g/mol. The first-order valence-corrected chi connectivity index (χ1v) is 8.03. The summed E-state index contributed by atoms with van der Waals surface area (Å²) in [6.07, 6.45) is 4.54. The average molecular weight is 335 g/mol. The summed E-state index contributed by atoms with van der Waals surface area (Å²) in [5.41, 5.74) is 1.10. The molecule has 3 heterocycles. The summed E-state index contributed by atoms with van der Waals surface area (Å²) in [4.78, 5) is 26.7. The maximum absolute atomic E-state index is 12.2. The predicted molar refractivity (Wildman–Crippen MR) is 90.9 cm³/mol. The van der Waals surface area contributed by atoms with Gasteiger partial charge in [0.15, 0.2) is 5.82 Å². The van der Waals surface area contributed by atoms with Gasteiger partial charge in [0, 0.05) is 25.7 Å². The SMILES string of the molecule is O=C(NCc1ccccc1)C1CN(c2cc(-n3cncn3)ncn2)C1. The lowest BCUT2D eigenvalue weighted by Crippen LogP contribution is -2.54. The number of hydrogen-bond acceptors (Lipinski definition) is 6. The highest BCUT2D eigenvalue weighted by molar-refractivity contribution is 5.81. The van der Waals surface area contributed by atoms with Gasteiger partial charge in [-0.15, -0.1) is 0 Å². The molecule has 8 heteroatoms. The van der Waals surface area contributed by atoms with Crippen molar-refractivity contribution in [1.82, 2.24) is 30.0 Å². The van der Waals surface area contributed by atoms with Gasteiger partial charge in [-0.3, -0.25) is 4.79 Å². The van der Waals surface area contributed by atoms with Gasteiger partial charge in [-0.1, -0.05) is 30.3 Å². The second-order valence-electron chi connectivity index (χ2n) is 5.88. The summed E-state index contributed by atoms with van der Waals surface area (Å²) in [6.45, 7) is 1.85. The highest BCUT2D eigenvalue weighted by atomic mass is 16.2. The fourth-order valence-electron chi connectivity index (χ4n) is 2.72. The molecule has 3 aromatic rings. The first kappa shape index (κ1) is 15.3. The zero-order chi connectivity index (χ0) is 17.1. The van der Waals surface area contributed by atoms with Crippen LogP contribution >= 0.6 is 0 Å². The van der Waals surface area contributed by atoms with Gasteiger partial charge in [-0.2, -0.15) is 5.10 Å². The van der Waals surface area contributed by atoms with Crippen LogP contribution in [-0.4, -0.2) is 43.7 Å². The Balaban J connectivity index is 1.33. The molecule has 126 valence electrons. The summed E-state index contributed by atoms with van der Waals surface area (Å²) in [6, 6.07) is 11.7. The van der Waals surface area contributed by atoms with Crippen LogP contribution < -0.4 is 10.2 Å². The van der Waals surface area contributed by atoms with Crippen LogP contribution in [0.5, 0.6) is 0 Å². The van der Waals surface area contributed by atoms with E-state index in [0.717, 1.165) is 11.4 Å². The van der Waals surface area contributed by atoms with E-state index >= 15 is 0 Å². The number of hydrogen-bond donors (Lipinski definition) is 1. The third kappa shape index (κ3) is 3.32. The number of anilines is 1. The maximum atomic E-state index is 12.2. The summed E-state index contributed by atoms with van der Waals surface area (Å²) >= 11 is 0. The molecule has 0 radical (unpaired) electrons. The minimum Gasteiger partial charge on any atom is -0.355 e. The highest BCUT2D eigenvalue weighted by Gasteiger charge is 2.33. The Hall–Kier alpha value is -3.29. The van der Waals surface area contributed by atoms with Gasteiger partial charge in [0.2, 0.25) is 5.91 Å². The maximum Gasteiger partial charge on any atom is 0.226 e. The van der Waals surface area contributed by atoms with E-state index in [1.54, 1.807) is 11.0 Å². The molecule has 4 rings (SSSR count). The van der Waals surface area contributed by atoms with Crippen LogP contribution in [0.4, 0.5) is 5.82 Å². The molecule has 8 nitrogen and oxygen atoms in total. The van der Waals surface area contributed by atoms with Crippen molar-refractivity contribution in [3.05, 3.63) is 60.9 Å². The molecule has 1 aromatic carbocycles. The molecule has 0 saturated carbocycles. The van der Waals surface area contributed by atoms with E-state index in [4.69, 9.17) is 0 Å². The predicted octanol–water partition coefficient (Wildman–Crippen LogP) is 0.810. The number of nitrogens with one attached hydrogen (secondary N) is 1. The largest absolute Gasteiger partial charge is 0.355 e. The Kier molecular flexibility index (Phi) is 4.07. The molecule has 0 atom stereocenters. The van der Waals surface area contributed by atoms with Crippen molar-refractivity contribution in [2.24, 2.45) is 5.92 Å². The first-order chi connectivity index (χ1) is 12.3. The molecule has 1 aliphatic rings. The second kappa shape index (κ2) is 6.68. The van der Waals surface area contributed by atoms with E-state index < -0.39 is 0 Å². The van der Waals surface area contributed by atoms with Crippen LogP contribution in [0.25, 0.3) is 5.82 Å². The molecule has 0 spiro atoms. The van der Waals surface area contributed by atoms with Crippen molar-refractivity contribution in [3.63, 3.8) is 0 Å². The summed E-state index contributed by atoms with van der Waals surface area (Å²) in [5, 5.41) is 7.05. The van der Waals surface area contributed by atoms with E-state index in [0.29, 0.717) is 25.5 Å². The van der Waals surface area contributed by atoms with Gasteiger partial charge in [-0.25, -0.2) is 19.6 Å². The number of carbonyl (C=O) groups is 1. The number of benzene rings is 1. The van der Waals surface area contributed by atoms with E-state index in [9.17, 15) is 4.79 Å². The smallest absolute Gasteiger partial charge is 0.226 e. The van der Waals surface area contributed by atoms with Crippen molar-refractivity contribution < 1.29 is 4.79 Å². The zero-order valence-corrected chi connectivity index (χ0v) is 13.5. The third-order valence-corrected chi connectivity index (χ3v) is 4.18. The van der Waals surface area contributed by atoms with Crippen LogP contribution in [0.3, 0.4) is 0 Å². The summed E-state index contributed by atoms with van der Waals surface area (Å²) in [7, 11) is 0. The molecule has 0 unspecified atom stereocenters. The Morgan fingerprint density at radius 2 is 1.92 bits per heavy atom. The topological polar surface area (TPSA) is 88.8 Å². The molecule has 1 fully saturated rings. The summed E-state index contributed by atoms with van der Waals surface area (Å²) in [5.74, 6) is 1.49. The van der Waals surface area contributed by atoms with Gasteiger partial charge in [0.25, 0.3) is 0 Å². The first-order valence-electron chi connectivity index (χ1n) is 8.03. The lowest BCUT2D eigenvalue weighted by Gasteiger charge is -2.39. The molecule has 2 aromatic heterocycles. The molecule has 1 aliphatic heterocycles. The van der Waals surface area contributed by atoms with Crippen LogP contribution in [0, 0.1) is 5.92 Å². The van der Waals surface area contributed by atoms with E-state index in [2.05, 4.69) is 30.3 Å². The van der Waals surface area contributed by atoms with Crippen LogP contribution in [-0.2, 0) is 11.3 Å². The minimum absolute atomic E-state index is 0.0199. The van der Waals surface area contributed by atoms with Crippen molar-refractivity contribution in [1.29, 1.82) is 0 Å². The fourth-order valence-corrected chi connectivity index (χ4v) is 2.72. The van der Waals surface area contributed by atoms with Gasteiger partial charge in [-0.05, 0) is 5.56 Å². The van der Waals surface area contributed by atoms with E-state index in [-0.39, 0.29) is 11.8 Å². The highest BCUT2D eigenvalue weighted by Crippen LogP contribution is 2.23. The van der Waals surface area contributed by atoms with Crippen molar-refractivity contribution in [2.75, 3.05) is 18.0 Å². The molecule has 0 aliphatic carbocycles. The molecule has 0 bridgehead atoms. The molecular weight excluding hydrogens is 318 g/mol. The number of rotatable bonds is 5. The fraction of sp³-hybridized carbons (Fsp3) is 0.235. The van der Waals surface area contributed by atoms with Gasteiger partial charge in [0.05, 0.1) is 5.92 Å². The Morgan fingerprint density at radius 3 is 2.68 bits per heavy atom. The second-order valence-corrected chi connectivity index (χ2v) is 5.88. The van der Waals surface area contributed by atoms with Gasteiger partial charge < -0.3 is 10.2 Å². The Morgan fingerprint density at radius 1 is 1.12 bits per heavy atom. The molecule has 1 amide bonds. The number of amides is 1. The van der Waals surface area contributed by atoms with Crippen molar-refractivity contribution in [2.45, 2.75) is 6.54 Å². The minimum atomic E-state index is -0.0199. The normalized spacial score (nSPS) is 14.2. The molecule has 1 saturated heterocycles. The lowest BCUT2D eigenvalue weighted by molar-refractivity contribution is -0.125. The van der Waals surface area contributed by atoms with Crippen LogP contribution in [0.2, 0.25) is 0 Å². The van der Waals surface area contributed by atoms with Crippen LogP contribution in [0.1, 0.15) is 5.56 Å². The van der Waals surface area contributed by atoms with Crippen molar-refractivity contribution >= 4 is 11.7 Å². The number of nitrogens with zero attached hydrogens (tertiary/aromatic N) is 6. The van der Waals surface area contributed by atoms with Gasteiger partial charge in [0.1, 0.15) is 24.8 Å². The Labute approximate surface area is 144 Å². The van der Waals surface area contributed by atoms with Gasteiger partial charge >= 0.3 is 0 Å².